The van der Waals surface area contributed by atoms with E-state index in [9.17, 15) is 18.3 Å². The number of hydrogen-bond donors (Lipinski definition) is 2. The van der Waals surface area contributed by atoms with Gasteiger partial charge in [0.2, 0.25) is 10.0 Å². The summed E-state index contributed by atoms with van der Waals surface area (Å²) in [7, 11) is -3.66. The zero-order valence-electron chi connectivity index (χ0n) is 20.2. The number of nitrogens with zero attached hydrogens (tertiary/aromatic N) is 5. The minimum Gasteiger partial charge on any atom is -0.506 e. The number of rotatable bonds is 6. The minimum atomic E-state index is -3.66. The summed E-state index contributed by atoms with van der Waals surface area (Å²) in [6, 6.07) is 17.4. The fourth-order valence-corrected chi connectivity index (χ4v) is 4.98. The highest BCUT2D eigenvalue weighted by Crippen LogP contribution is 2.32. The van der Waals surface area contributed by atoms with Gasteiger partial charge in [-0.2, -0.15) is 0 Å². The minimum absolute atomic E-state index is 0.0513. The van der Waals surface area contributed by atoms with Gasteiger partial charge in [-0.3, -0.25) is 14.7 Å². The van der Waals surface area contributed by atoms with Crippen molar-refractivity contribution in [3.05, 3.63) is 78.2 Å². The van der Waals surface area contributed by atoms with E-state index in [1.807, 2.05) is 16.9 Å². The van der Waals surface area contributed by atoms with Crippen LogP contribution in [0.2, 0.25) is 0 Å². The summed E-state index contributed by atoms with van der Waals surface area (Å²) in [5.41, 5.74) is 3.07. The van der Waals surface area contributed by atoms with E-state index in [0.29, 0.717) is 5.82 Å². The molecule has 2 aromatic heterocycles. The Balaban J connectivity index is 1.26. The SMILES string of the molecule is CS(=O)(=O)NC(=O)c1ccc(N2CCN(Cc3ccc(-c4cncc(O)c4)c4ccccc34)CC2)nn1. The lowest BCUT2D eigenvalue weighted by atomic mass is 9.95. The van der Waals surface area contributed by atoms with Crippen molar-refractivity contribution in [3.8, 4) is 16.9 Å². The highest BCUT2D eigenvalue weighted by Gasteiger charge is 2.21. The van der Waals surface area contributed by atoms with Crippen LogP contribution in [0.4, 0.5) is 5.82 Å². The molecule has 10 nitrogen and oxygen atoms in total. The van der Waals surface area contributed by atoms with Crippen molar-refractivity contribution in [2.24, 2.45) is 0 Å². The normalized spacial score (nSPS) is 14.6. The van der Waals surface area contributed by atoms with Gasteiger partial charge in [0.1, 0.15) is 5.75 Å². The van der Waals surface area contributed by atoms with Crippen molar-refractivity contribution in [1.29, 1.82) is 0 Å². The standard InChI is InChI=1S/C26H26N6O4S/c1-37(35,36)30-26(34)24-8-9-25(29-28-24)32-12-10-31(11-13-32)17-18-6-7-22(19-14-20(33)16-27-15-19)23-5-3-2-4-21(18)23/h2-9,14-16,33H,10-13,17H2,1H3,(H,30,34). The van der Waals surface area contributed by atoms with Crippen LogP contribution >= 0.6 is 0 Å². The van der Waals surface area contributed by atoms with Gasteiger partial charge in [-0.25, -0.2) is 13.1 Å². The van der Waals surface area contributed by atoms with Gasteiger partial charge in [0, 0.05) is 44.5 Å². The number of amides is 1. The zero-order chi connectivity index (χ0) is 26.0. The summed E-state index contributed by atoms with van der Waals surface area (Å²) < 4.78 is 24.4. The number of nitrogens with one attached hydrogen (secondary N) is 1. The summed E-state index contributed by atoms with van der Waals surface area (Å²) in [6.45, 7) is 3.93. The number of aromatic nitrogens is 3. The molecule has 0 saturated carbocycles. The molecule has 4 aromatic rings. The highest BCUT2D eigenvalue weighted by molar-refractivity contribution is 7.89. The maximum Gasteiger partial charge on any atom is 0.285 e. The fourth-order valence-electron chi connectivity index (χ4n) is 4.54. The summed E-state index contributed by atoms with van der Waals surface area (Å²) in [6.07, 6.45) is 4.10. The number of sulfonamides is 1. The van der Waals surface area contributed by atoms with Crippen LogP contribution in [0.1, 0.15) is 16.1 Å². The quantitative estimate of drug-likeness (QED) is 0.395. The first-order valence-electron chi connectivity index (χ1n) is 11.7. The van der Waals surface area contributed by atoms with E-state index in [-0.39, 0.29) is 11.4 Å². The molecule has 2 aromatic carbocycles. The van der Waals surface area contributed by atoms with Gasteiger partial charge in [0.25, 0.3) is 5.91 Å². The zero-order valence-corrected chi connectivity index (χ0v) is 21.0. The van der Waals surface area contributed by atoms with Crippen molar-refractivity contribution < 1.29 is 18.3 Å². The van der Waals surface area contributed by atoms with Gasteiger partial charge in [-0.15, -0.1) is 10.2 Å². The van der Waals surface area contributed by atoms with Gasteiger partial charge < -0.3 is 10.0 Å². The Morgan fingerprint density at radius 1 is 0.973 bits per heavy atom. The van der Waals surface area contributed by atoms with Crippen LogP contribution in [-0.4, -0.2) is 71.9 Å². The molecule has 1 fully saturated rings. The van der Waals surface area contributed by atoms with E-state index >= 15 is 0 Å². The van der Waals surface area contributed by atoms with Gasteiger partial charge in [-0.1, -0.05) is 36.4 Å². The molecular formula is C26H26N6O4S. The molecule has 0 unspecified atom stereocenters. The second-order valence-corrected chi connectivity index (χ2v) is 10.7. The Kier molecular flexibility index (Phi) is 6.72. The van der Waals surface area contributed by atoms with Crippen molar-refractivity contribution in [3.63, 3.8) is 0 Å². The summed E-state index contributed by atoms with van der Waals surface area (Å²) in [5.74, 6) is -0.0185. The van der Waals surface area contributed by atoms with E-state index in [1.54, 1.807) is 18.3 Å². The van der Waals surface area contributed by atoms with Gasteiger partial charge in [0.05, 0.1) is 12.5 Å². The van der Waals surface area contributed by atoms with Crippen LogP contribution < -0.4 is 9.62 Å². The third-order valence-electron chi connectivity index (χ3n) is 6.30. The molecule has 0 bridgehead atoms. The van der Waals surface area contributed by atoms with E-state index in [2.05, 4.69) is 49.2 Å². The Labute approximate surface area is 214 Å². The second kappa shape index (κ2) is 10.1. The second-order valence-electron chi connectivity index (χ2n) is 8.99. The number of fused-ring (bicyclic) bond motifs is 1. The number of piperazine rings is 1. The topological polar surface area (TPSA) is 129 Å². The smallest absolute Gasteiger partial charge is 0.285 e. The number of aromatic hydroxyl groups is 1. The summed E-state index contributed by atoms with van der Waals surface area (Å²) in [4.78, 5) is 20.6. The number of carbonyl (C=O) groups excluding carboxylic acids is 1. The van der Waals surface area contributed by atoms with E-state index < -0.39 is 15.9 Å². The molecule has 2 N–H and O–H groups in total. The first kappa shape index (κ1) is 24.6. The molecule has 1 amide bonds. The predicted molar refractivity (Wildman–Crippen MR) is 141 cm³/mol. The summed E-state index contributed by atoms with van der Waals surface area (Å²) >= 11 is 0. The Morgan fingerprint density at radius 2 is 1.73 bits per heavy atom. The maximum absolute atomic E-state index is 11.9. The van der Waals surface area contributed by atoms with Crippen molar-refractivity contribution in [2.45, 2.75) is 6.54 Å². The van der Waals surface area contributed by atoms with Gasteiger partial charge in [-0.05, 0) is 40.1 Å². The monoisotopic (exact) mass is 518 g/mol. The lowest BCUT2D eigenvalue weighted by Crippen LogP contribution is -2.46. The molecule has 37 heavy (non-hydrogen) atoms. The molecule has 3 heterocycles. The molecular weight excluding hydrogens is 492 g/mol. The largest absolute Gasteiger partial charge is 0.506 e. The molecule has 1 aliphatic rings. The Hall–Kier alpha value is -4.09. The number of pyridine rings is 1. The Bertz CT molecular complexity index is 1550. The predicted octanol–water partition coefficient (Wildman–Crippen LogP) is 2.41. The van der Waals surface area contributed by atoms with Crippen molar-refractivity contribution in [1.82, 2.24) is 24.8 Å². The third kappa shape index (κ3) is 5.68. The van der Waals surface area contributed by atoms with Crippen molar-refractivity contribution >= 4 is 32.5 Å². The van der Waals surface area contributed by atoms with Crippen LogP contribution in [-0.2, 0) is 16.6 Å². The van der Waals surface area contributed by atoms with Crippen LogP contribution in [0.3, 0.4) is 0 Å². The first-order chi connectivity index (χ1) is 17.8. The van der Waals surface area contributed by atoms with E-state index in [0.717, 1.165) is 55.5 Å². The molecule has 5 rings (SSSR count). The van der Waals surface area contributed by atoms with E-state index in [4.69, 9.17) is 0 Å². The molecule has 1 aliphatic heterocycles. The molecule has 0 aliphatic carbocycles. The first-order valence-corrected chi connectivity index (χ1v) is 13.6. The average molecular weight is 519 g/mol. The maximum atomic E-state index is 11.9. The Morgan fingerprint density at radius 3 is 2.41 bits per heavy atom. The van der Waals surface area contributed by atoms with Gasteiger partial charge >= 0.3 is 0 Å². The van der Waals surface area contributed by atoms with Crippen LogP contribution in [0.5, 0.6) is 5.75 Å². The molecule has 1 saturated heterocycles. The number of benzene rings is 2. The van der Waals surface area contributed by atoms with Crippen LogP contribution in [0.15, 0.2) is 67.0 Å². The molecule has 0 spiro atoms. The molecule has 0 radical (unpaired) electrons. The van der Waals surface area contributed by atoms with Gasteiger partial charge in [0.15, 0.2) is 11.5 Å². The molecule has 190 valence electrons. The fraction of sp³-hybridized carbons (Fsp3) is 0.231. The summed E-state index contributed by atoms with van der Waals surface area (Å²) in [5, 5.41) is 20.2. The van der Waals surface area contributed by atoms with E-state index in [1.165, 1.54) is 23.2 Å². The number of hydrogen-bond acceptors (Lipinski definition) is 9. The average Bonchev–Trinajstić information content (AvgIpc) is 2.88. The molecule has 11 heteroatoms. The number of anilines is 1. The molecule has 0 atom stereocenters. The third-order valence-corrected chi connectivity index (χ3v) is 6.86. The lowest BCUT2D eigenvalue weighted by Gasteiger charge is -2.35. The van der Waals surface area contributed by atoms with Crippen LogP contribution in [0, 0.1) is 0 Å². The number of carbonyl (C=O) groups is 1. The van der Waals surface area contributed by atoms with Crippen LogP contribution in [0.25, 0.3) is 21.9 Å². The van der Waals surface area contributed by atoms with Crippen molar-refractivity contribution in [2.75, 3.05) is 37.3 Å². The lowest BCUT2D eigenvalue weighted by molar-refractivity contribution is 0.0976. The highest BCUT2D eigenvalue weighted by atomic mass is 32.2.